The van der Waals surface area contributed by atoms with Gasteiger partial charge in [0.1, 0.15) is 13.2 Å². The van der Waals surface area contributed by atoms with Crippen LogP contribution in [0.5, 0.6) is 0 Å². The third-order valence-corrected chi connectivity index (χ3v) is 5.84. The molecular formula is C21H46N2O6P+. The van der Waals surface area contributed by atoms with Gasteiger partial charge < -0.3 is 19.8 Å². The summed E-state index contributed by atoms with van der Waals surface area (Å²) >= 11 is 0. The average molecular weight is 454 g/mol. The molecule has 0 aromatic rings. The van der Waals surface area contributed by atoms with Gasteiger partial charge in [-0.2, -0.15) is 0 Å². The third kappa shape index (κ3) is 17.2. The number of likely N-dealkylation sites (N-methyl/N-ethyl adjacent to an activating group) is 1. The molecule has 0 bridgehead atoms. The van der Waals surface area contributed by atoms with E-state index in [9.17, 15) is 19.4 Å². The van der Waals surface area contributed by atoms with Crippen molar-refractivity contribution in [1.29, 1.82) is 0 Å². The van der Waals surface area contributed by atoms with E-state index in [1.807, 2.05) is 28.1 Å². The summed E-state index contributed by atoms with van der Waals surface area (Å²) in [6, 6.07) is -0.743. The standard InChI is InChI=1S/C21H45N2O6P/c1-6-8-10-11-12-13-14-20(24)19(22-21(25)15-9-7-2)18-29-30(26,27)28-17-16-23(3,4)5/h19-20,24H,6-18H2,1-5H3,(H-,22,25,26,27)/p+1. The third-order valence-electron chi connectivity index (χ3n) is 4.86. The van der Waals surface area contributed by atoms with Crippen LogP contribution in [-0.4, -0.2) is 73.4 Å². The number of rotatable bonds is 19. The summed E-state index contributed by atoms with van der Waals surface area (Å²) in [6.45, 7) is 4.52. The number of phosphoric acid groups is 1. The van der Waals surface area contributed by atoms with Gasteiger partial charge in [0.15, 0.2) is 0 Å². The first-order chi connectivity index (χ1) is 14.0. The molecule has 0 radical (unpaired) electrons. The smallest absolute Gasteiger partial charge is 0.391 e. The summed E-state index contributed by atoms with van der Waals surface area (Å²) in [6.07, 6.45) is 8.22. The number of carbonyl (C=O) groups excluding carboxylic acids is 1. The van der Waals surface area contributed by atoms with E-state index in [1.165, 1.54) is 19.3 Å². The van der Waals surface area contributed by atoms with Gasteiger partial charge in [0.2, 0.25) is 5.91 Å². The zero-order valence-electron chi connectivity index (χ0n) is 19.8. The predicted octanol–water partition coefficient (Wildman–Crippen LogP) is 3.61. The van der Waals surface area contributed by atoms with Crippen molar-refractivity contribution in [2.75, 3.05) is 40.9 Å². The molecule has 0 saturated carbocycles. The van der Waals surface area contributed by atoms with Gasteiger partial charge in [-0.15, -0.1) is 0 Å². The quantitative estimate of drug-likeness (QED) is 0.157. The van der Waals surface area contributed by atoms with Gasteiger partial charge in [0.25, 0.3) is 0 Å². The van der Waals surface area contributed by atoms with Crippen molar-refractivity contribution < 1.29 is 32.9 Å². The van der Waals surface area contributed by atoms with Crippen molar-refractivity contribution in [1.82, 2.24) is 5.32 Å². The minimum absolute atomic E-state index is 0.0745. The van der Waals surface area contributed by atoms with Crippen LogP contribution in [0.25, 0.3) is 0 Å². The van der Waals surface area contributed by atoms with Crippen LogP contribution < -0.4 is 5.32 Å². The van der Waals surface area contributed by atoms with Crippen LogP contribution in [0.1, 0.15) is 78.1 Å². The zero-order valence-corrected chi connectivity index (χ0v) is 20.7. The number of nitrogens with zero attached hydrogens (tertiary/aromatic N) is 1. The van der Waals surface area contributed by atoms with E-state index in [-0.39, 0.29) is 19.1 Å². The minimum Gasteiger partial charge on any atom is -0.391 e. The lowest BCUT2D eigenvalue weighted by Crippen LogP contribution is -2.46. The van der Waals surface area contributed by atoms with Gasteiger partial charge in [-0.25, -0.2) is 4.57 Å². The maximum absolute atomic E-state index is 12.2. The molecule has 3 N–H and O–H groups in total. The predicted molar refractivity (Wildman–Crippen MR) is 120 cm³/mol. The summed E-state index contributed by atoms with van der Waals surface area (Å²) in [5, 5.41) is 13.3. The average Bonchev–Trinajstić information content (AvgIpc) is 2.64. The number of aliphatic hydroxyl groups is 1. The van der Waals surface area contributed by atoms with Crippen LogP contribution in [0, 0.1) is 0 Å². The van der Waals surface area contributed by atoms with E-state index in [4.69, 9.17) is 9.05 Å². The molecule has 0 heterocycles. The molecule has 9 heteroatoms. The maximum atomic E-state index is 12.2. The summed E-state index contributed by atoms with van der Waals surface area (Å²) < 4.78 is 22.9. The fourth-order valence-corrected chi connectivity index (χ4v) is 3.58. The highest BCUT2D eigenvalue weighted by Gasteiger charge is 2.28. The molecule has 3 unspecified atom stereocenters. The van der Waals surface area contributed by atoms with Gasteiger partial charge in [-0.05, 0) is 12.8 Å². The van der Waals surface area contributed by atoms with Crippen molar-refractivity contribution in [3.8, 4) is 0 Å². The number of phosphoric ester groups is 1. The van der Waals surface area contributed by atoms with E-state index in [0.717, 1.165) is 32.1 Å². The Bertz CT molecular complexity index is 498. The zero-order chi connectivity index (χ0) is 23.0. The van der Waals surface area contributed by atoms with Crippen molar-refractivity contribution in [2.45, 2.75) is 90.2 Å². The second-order valence-electron chi connectivity index (χ2n) is 9.01. The number of carbonyl (C=O) groups is 1. The Kier molecular flexibility index (Phi) is 15.9. The van der Waals surface area contributed by atoms with Crippen molar-refractivity contribution in [3.63, 3.8) is 0 Å². The van der Waals surface area contributed by atoms with Crippen molar-refractivity contribution in [2.24, 2.45) is 0 Å². The fourth-order valence-electron chi connectivity index (χ4n) is 2.84. The summed E-state index contributed by atoms with van der Waals surface area (Å²) in [5.74, 6) is -0.189. The van der Waals surface area contributed by atoms with Crippen molar-refractivity contribution >= 4 is 13.7 Å². The molecule has 0 aliphatic heterocycles. The topological polar surface area (TPSA) is 105 Å². The number of amides is 1. The highest BCUT2D eigenvalue weighted by atomic mass is 31.2. The van der Waals surface area contributed by atoms with E-state index in [1.54, 1.807) is 0 Å². The summed E-state index contributed by atoms with van der Waals surface area (Å²) in [7, 11) is 1.60. The van der Waals surface area contributed by atoms with Crippen molar-refractivity contribution in [3.05, 3.63) is 0 Å². The lowest BCUT2D eigenvalue weighted by atomic mass is 10.0. The van der Waals surface area contributed by atoms with E-state index >= 15 is 0 Å². The van der Waals surface area contributed by atoms with Crippen LogP contribution >= 0.6 is 7.82 Å². The largest absolute Gasteiger partial charge is 0.472 e. The molecule has 0 aliphatic carbocycles. The molecule has 0 rings (SSSR count). The Morgan fingerprint density at radius 3 is 2.20 bits per heavy atom. The summed E-state index contributed by atoms with van der Waals surface area (Å²) in [5.41, 5.74) is 0. The van der Waals surface area contributed by atoms with Crippen LogP contribution in [-0.2, 0) is 18.4 Å². The number of aliphatic hydroxyl groups excluding tert-OH is 1. The Balaban J connectivity index is 4.63. The Hall–Kier alpha value is -0.500. The molecule has 0 aromatic carbocycles. The van der Waals surface area contributed by atoms with Gasteiger partial charge in [0.05, 0.1) is 39.9 Å². The molecular weight excluding hydrogens is 407 g/mol. The maximum Gasteiger partial charge on any atom is 0.472 e. The van der Waals surface area contributed by atoms with Gasteiger partial charge in [-0.3, -0.25) is 13.8 Å². The van der Waals surface area contributed by atoms with Gasteiger partial charge in [-0.1, -0.05) is 58.8 Å². The lowest BCUT2D eigenvalue weighted by molar-refractivity contribution is -0.870. The molecule has 0 aromatic heterocycles. The van der Waals surface area contributed by atoms with E-state index in [2.05, 4.69) is 12.2 Å². The molecule has 0 spiro atoms. The van der Waals surface area contributed by atoms with Crippen LogP contribution in [0.3, 0.4) is 0 Å². The van der Waals surface area contributed by atoms with Gasteiger partial charge in [0, 0.05) is 6.42 Å². The number of hydrogen-bond donors (Lipinski definition) is 3. The summed E-state index contributed by atoms with van der Waals surface area (Å²) in [4.78, 5) is 22.1. The molecule has 180 valence electrons. The van der Waals surface area contributed by atoms with Crippen LogP contribution in [0.2, 0.25) is 0 Å². The Labute approximate surface area is 183 Å². The number of hydrogen-bond acceptors (Lipinski definition) is 5. The second kappa shape index (κ2) is 16.2. The molecule has 1 amide bonds. The Morgan fingerprint density at radius 1 is 1.00 bits per heavy atom. The normalized spacial score (nSPS) is 16.1. The molecule has 0 saturated heterocycles. The molecule has 3 atom stereocenters. The molecule has 0 aliphatic rings. The lowest BCUT2D eigenvalue weighted by Gasteiger charge is -2.26. The first kappa shape index (κ1) is 29.5. The van der Waals surface area contributed by atoms with Crippen LogP contribution in [0.4, 0.5) is 0 Å². The number of quaternary nitrogens is 1. The van der Waals surface area contributed by atoms with Gasteiger partial charge >= 0.3 is 7.82 Å². The highest BCUT2D eigenvalue weighted by Crippen LogP contribution is 2.43. The second-order valence-corrected chi connectivity index (χ2v) is 10.5. The monoisotopic (exact) mass is 453 g/mol. The van der Waals surface area contributed by atoms with Crippen LogP contribution in [0.15, 0.2) is 0 Å². The SMILES string of the molecule is CCCCCCCCC(O)C(COP(=O)(O)OCC[N+](C)(C)C)NC(=O)CCCC. The molecule has 8 nitrogen and oxygen atoms in total. The Morgan fingerprint density at radius 2 is 1.60 bits per heavy atom. The van der Waals surface area contributed by atoms with E-state index in [0.29, 0.717) is 23.9 Å². The first-order valence-electron chi connectivity index (χ1n) is 11.4. The highest BCUT2D eigenvalue weighted by molar-refractivity contribution is 7.47. The fraction of sp³-hybridized carbons (Fsp3) is 0.952. The first-order valence-corrected chi connectivity index (χ1v) is 12.9. The molecule has 0 fully saturated rings. The molecule has 30 heavy (non-hydrogen) atoms. The minimum atomic E-state index is -4.25. The van der Waals surface area contributed by atoms with E-state index < -0.39 is 20.0 Å². The number of nitrogens with one attached hydrogen (secondary N) is 1. The number of unbranched alkanes of at least 4 members (excludes halogenated alkanes) is 6.